The molecule has 0 aliphatic rings. The normalized spacial score (nSPS) is 13.7. The second-order valence-electron chi connectivity index (χ2n) is 5.60. The Kier molecular flexibility index (Phi) is 4.69. The van der Waals surface area contributed by atoms with Crippen molar-refractivity contribution in [1.82, 2.24) is 0 Å². The zero-order valence-electron chi connectivity index (χ0n) is 13.6. The van der Waals surface area contributed by atoms with Crippen LogP contribution >= 0.6 is 7.37 Å². The molecule has 1 atom stereocenters. The van der Waals surface area contributed by atoms with Crippen LogP contribution in [0.3, 0.4) is 0 Å². The van der Waals surface area contributed by atoms with Crippen LogP contribution in [0.25, 0.3) is 0 Å². The molecule has 0 fully saturated rings. The molecular weight excluding hydrogens is 295 g/mol. The number of hydrogen-bond acceptors (Lipinski definition) is 3. The Morgan fingerprint density at radius 1 is 0.955 bits per heavy atom. The molecule has 22 heavy (non-hydrogen) atoms. The van der Waals surface area contributed by atoms with E-state index in [-0.39, 0.29) is 0 Å². The molecule has 4 heteroatoms. The molecule has 0 spiro atoms. The number of benzene rings is 2. The Morgan fingerprint density at radius 2 is 1.50 bits per heavy atom. The first kappa shape index (κ1) is 16.7. The van der Waals surface area contributed by atoms with Gasteiger partial charge in [0.05, 0.1) is 0 Å². The molecule has 0 saturated carbocycles. The fraction of sp³-hybridized carbons (Fsp3) is 0.278. The molecule has 0 aliphatic heterocycles. The fourth-order valence-electron chi connectivity index (χ4n) is 2.85. The monoisotopic (exact) mass is 316 g/mol. The van der Waals surface area contributed by atoms with E-state index >= 15 is 0 Å². The van der Waals surface area contributed by atoms with E-state index in [9.17, 15) is 9.36 Å². The molecular formula is C18H21O3P. The molecule has 0 radical (unpaired) electrons. The minimum absolute atomic E-state index is 0.431. The smallest absolute Gasteiger partial charge is 0.300 e. The Balaban J connectivity index is 2.65. The first-order valence-corrected chi connectivity index (χ1v) is 8.78. The Hall–Kier alpha value is -1.70. The van der Waals surface area contributed by atoms with E-state index in [0.717, 1.165) is 22.3 Å². The summed E-state index contributed by atoms with van der Waals surface area (Å²) in [5, 5.41) is 0.474. The summed E-state index contributed by atoms with van der Waals surface area (Å²) in [6.45, 7) is 7.55. The van der Waals surface area contributed by atoms with Gasteiger partial charge in [-0.2, -0.15) is 0 Å². The molecule has 116 valence electrons. The molecule has 2 aromatic carbocycles. The SMILES string of the molecule is COP(=O)(C(=O)c1c(C)cc(C)cc1C)c1ccccc1C. The maximum absolute atomic E-state index is 13.3. The highest BCUT2D eigenvalue weighted by Gasteiger charge is 2.37. The van der Waals surface area contributed by atoms with Crippen molar-refractivity contribution in [2.24, 2.45) is 0 Å². The Labute approximate surface area is 131 Å². The molecule has 2 aromatic rings. The van der Waals surface area contributed by atoms with E-state index in [1.165, 1.54) is 7.11 Å². The topological polar surface area (TPSA) is 43.4 Å². The lowest BCUT2D eigenvalue weighted by Gasteiger charge is -2.19. The van der Waals surface area contributed by atoms with Crippen molar-refractivity contribution in [3.8, 4) is 0 Å². The van der Waals surface area contributed by atoms with Gasteiger partial charge in [-0.25, -0.2) is 0 Å². The minimum atomic E-state index is -3.61. The molecule has 1 unspecified atom stereocenters. The number of hydrogen-bond donors (Lipinski definition) is 0. The summed E-state index contributed by atoms with van der Waals surface area (Å²) in [5.41, 5.74) is 3.60. The van der Waals surface area contributed by atoms with Gasteiger partial charge < -0.3 is 4.52 Å². The Bertz CT molecular complexity index is 755. The summed E-state index contributed by atoms with van der Waals surface area (Å²) < 4.78 is 18.6. The maximum Gasteiger partial charge on any atom is 0.300 e. The predicted molar refractivity (Wildman–Crippen MR) is 90.4 cm³/mol. The van der Waals surface area contributed by atoms with Gasteiger partial charge in [0.1, 0.15) is 0 Å². The lowest BCUT2D eigenvalue weighted by Crippen LogP contribution is -2.18. The van der Waals surface area contributed by atoms with E-state index in [1.807, 2.05) is 52.0 Å². The molecule has 0 bridgehead atoms. The lowest BCUT2D eigenvalue weighted by atomic mass is 10.0. The van der Waals surface area contributed by atoms with Gasteiger partial charge in [-0.05, 0) is 50.5 Å². The van der Waals surface area contributed by atoms with E-state index in [2.05, 4.69) is 0 Å². The molecule has 0 heterocycles. The van der Waals surface area contributed by atoms with Gasteiger partial charge in [-0.1, -0.05) is 35.9 Å². The number of carbonyl (C=O) groups excluding carboxylic acids is 1. The van der Waals surface area contributed by atoms with Crippen LogP contribution in [-0.4, -0.2) is 12.6 Å². The average Bonchev–Trinajstić information content (AvgIpc) is 2.45. The van der Waals surface area contributed by atoms with Crippen LogP contribution in [0.4, 0.5) is 0 Å². The van der Waals surface area contributed by atoms with Gasteiger partial charge in [0.2, 0.25) is 0 Å². The quantitative estimate of drug-likeness (QED) is 0.789. The first-order valence-electron chi connectivity index (χ1n) is 7.16. The third-order valence-electron chi connectivity index (χ3n) is 3.85. The van der Waals surface area contributed by atoms with Gasteiger partial charge >= 0.3 is 7.37 Å². The first-order chi connectivity index (χ1) is 10.3. The molecule has 2 rings (SSSR count). The third-order valence-corrected chi connectivity index (χ3v) is 6.26. The summed E-state index contributed by atoms with van der Waals surface area (Å²) in [4.78, 5) is 13.0. The van der Waals surface area contributed by atoms with Crippen LogP contribution in [0.5, 0.6) is 0 Å². The van der Waals surface area contributed by atoms with Crippen molar-refractivity contribution >= 4 is 18.2 Å². The summed E-state index contributed by atoms with van der Waals surface area (Å²) in [6, 6.07) is 11.0. The zero-order chi connectivity index (χ0) is 16.5. The van der Waals surface area contributed by atoms with Crippen molar-refractivity contribution in [2.75, 3.05) is 7.11 Å². The highest BCUT2D eigenvalue weighted by Crippen LogP contribution is 2.49. The minimum Gasteiger partial charge on any atom is -0.323 e. The van der Waals surface area contributed by atoms with E-state index in [0.29, 0.717) is 10.9 Å². The van der Waals surface area contributed by atoms with Crippen molar-refractivity contribution in [3.05, 3.63) is 64.2 Å². The van der Waals surface area contributed by atoms with Crippen LogP contribution in [0.15, 0.2) is 36.4 Å². The van der Waals surface area contributed by atoms with Crippen molar-refractivity contribution in [1.29, 1.82) is 0 Å². The largest absolute Gasteiger partial charge is 0.323 e. The van der Waals surface area contributed by atoms with Crippen molar-refractivity contribution in [3.63, 3.8) is 0 Å². The molecule has 0 amide bonds. The summed E-state index contributed by atoms with van der Waals surface area (Å²) >= 11 is 0. The number of carbonyl (C=O) groups is 1. The Morgan fingerprint density at radius 3 is 2.00 bits per heavy atom. The van der Waals surface area contributed by atoms with Crippen molar-refractivity contribution in [2.45, 2.75) is 27.7 Å². The van der Waals surface area contributed by atoms with E-state index in [4.69, 9.17) is 4.52 Å². The van der Waals surface area contributed by atoms with Gasteiger partial charge in [0.15, 0.2) is 0 Å². The van der Waals surface area contributed by atoms with E-state index < -0.39 is 12.9 Å². The van der Waals surface area contributed by atoms with Crippen LogP contribution in [0, 0.1) is 27.7 Å². The second-order valence-corrected chi connectivity index (χ2v) is 7.96. The molecule has 0 aliphatic carbocycles. The van der Waals surface area contributed by atoms with E-state index in [1.54, 1.807) is 12.1 Å². The number of rotatable bonds is 4. The van der Waals surface area contributed by atoms with Gasteiger partial charge in [0.25, 0.3) is 5.52 Å². The molecule has 0 saturated heterocycles. The van der Waals surface area contributed by atoms with Crippen LogP contribution in [0.1, 0.15) is 32.6 Å². The summed E-state index contributed by atoms with van der Waals surface area (Å²) in [6.07, 6.45) is 0. The van der Waals surface area contributed by atoms with Gasteiger partial charge in [-0.15, -0.1) is 0 Å². The highest BCUT2D eigenvalue weighted by atomic mass is 31.2. The molecule has 0 aromatic heterocycles. The van der Waals surface area contributed by atoms with Crippen LogP contribution < -0.4 is 5.30 Å². The predicted octanol–water partition coefficient (Wildman–Crippen LogP) is 4.31. The summed E-state index contributed by atoms with van der Waals surface area (Å²) in [7, 11) is -2.27. The van der Waals surface area contributed by atoms with Crippen LogP contribution in [-0.2, 0) is 9.09 Å². The average molecular weight is 316 g/mol. The second kappa shape index (κ2) is 6.20. The highest BCUT2D eigenvalue weighted by molar-refractivity contribution is 7.83. The fourth-order valence-corrected chi connectivity index (χ4v) is 4.90. The van der Waals surface area contributed by atoms with Crippen molar-refractivity contribution < 1.29 is 13.9 Å². The lowest BCUT2D eigenvalue weighted by molar-refractivity contribution is 0.105. The van der Waals surface area contributed by atoms with Crippen LogP contribution in [0.2, 0.25) is 0 Å². The maximum atomic E-state index is 13.3. The summed E-state index contributed by atoms with van der Waals surface area (Å²) in [5.74, 6) is 0. The molecule has 3 nitrogen and oxygen atoms in total. The van der Waals surface area contributed by atoms with Gasteiger partial charge in [0, 0.05) is 18.0 Å². The zero-order valence-corrected chi connectivity index (χ0v) is 14.5. The van der Waals surface area contributed by atoms with Gasteiger partial charge in [-0.3, -0.25) is 9.36 Å². The third kappa shape index (κ3) is 2.79. The number of aryl methyl sites for hydroxylation is 4. The standard InChI is InChI=1S/C18H21O3P/c1-12-10-14(3)17(15(4)11-12)18(19)22(20,21-5)16-9-7-6-8-13(16)2/h6-11H,1-5H3. The molecule has 0 N–H and O–H groups in total.